The number of hydrogen-bond donors (Lipinski definition) is 1. The van der Waals surface area contributed by atoms with E-state index in [4.69, 9.17) is 0 Å². The molecular weight excluding hydrogens is 216 g/mol. The largest absolute Gasteiger partial charge is 0.375 e. The molecule has 0 aliphatic rings. The highest BCUT2D eigenvalue weighted by Crippen LogP contribution is 2.05. The van der Waals surface area contributed by atoms with Gasteiger partial charge in [-0.05, 0) is 5.92 Å². The number of alkyl halides is 2. The van der Waals surface area contributed by atoms with Crippen LogP contribution in [0.1, 0.15) is 33.1 Å². The Morgan fingerprint density at radius 1 is 1.31 bits per heavy atom. The zero-order valence-corrected chi connectivity index (χ0v) is 9.97. The summed E-state index contributed by atoms with van der Waals surface area (Å²) in [6, 6.07) is 0. The predicted molar refractivity (Wildman–Crippen MR) is 58.5 cm³/mol. The number of halogens is 2. The first-order valence-corrected chi connectivity index (χ1v) is 5.72. The van der Waals surface area contributed by atoms with Gasteiger partial charge in [0, 0.05) is 13.0 Å². The van der Waals surface area contributed by atoms with E-state index in [0.29, 0.717) is 12.5 Å². The fraction of sp³-hybridized carbons (Fsp3) is 0.909. The smallest absolute Gasteiger partial charge is 0.261 e. The molecule has 0 heterocycles. The van der Waals surface area contributed by atoms with Crippen molar-refractivity contribution >= 4 is 5.91 Å². The Morgan fingerprint density at radius 3 is 2.44 bits per heavy atom. The first-order chi connectivity index (χ1) is 7.60. The normalized spacial score (nSPS) is 11.1. The molecule has 0 fully saturated rings. The Balaban J connectivity index is 3.44. The van der Waals surface area contributed by atoms with Crippen molar-refractivity contribution in [3.8, 4) is 0 Å². The van der Waals surface area contributed by atoms with Crippen LogP contribution in [0.25, 0.3) is 0 Å². The van der Waals surface area contributed by atoms with Crippen LogP contribution in [-0.4, -0.2) is 32.1 Å². The maximum atomic E-state index is 11.7. The lowest BCUT2D eigenvalue weighted by atomic mass is 10.0. The average molecular weight is 237 g/mol. The molecule has 0 unspecified atom stereocenters. The minimum atomic E-state index is -2.47. The molecule has 0 rings (SSSR count). The van der Waals surface area contributed by atoms with Gasteiger partial charge >= 0.3 is 0 Å². The van der Waals surface area contributed by atoms with Crippen molar-refractivity contribution in [2.24, 2.45) is 5.92 Å². The Labute approximate surface area is 95.5 Å². The molecule has 0 bridgehead atoms. The highest BCUT2D eigenvalue weighted by molar-refractivity contribution is 5.75. The topological polar surface area (TPSA) is 38.3 Å². The molecule has 1 N–H and O–H groups in total. The molecule has 96 valence electrons. The van der Waals surface area contributed by atoms with E-state index in [-0.39, 0.29) is 18.9 Å². The zero-order chi connectivity index (χ0) is 12.4. The zero-order valence-electron chi connectivity index (χ0n) is 9.97. The average Bonchev–Trinajstić information content (AvgIpc) is 2.25. The van der Waals surface area contributed by atoms with Crippen LogP contribution in [0.2, 0.25) is 0 Å². The van der Waals surface area contributed by atoms with Crippen LogP contribution in [-0.2, 0) is 9.53 Å². The molecule has 0 aliphatic carbocycles. The molecule has 3 nitrogen and oxygen atoms in total. The summed E-state index contributed by atoms with van der Waals surface area (Å²) in [7, 11) is 0. The van der Waals surface area contributed by atoms with Crippen LogP contribution in [0, 0.1) is 5.92 Å². The molecular formula is C11H21F2NO2. The van der Waals surface area contributed by atoms with Gasteiger partial charge in [0.25, 0.3) is 6.43 Å². The monoisotopic (exact) mass is 237 g/mol. The van der Waals surface area contributed by atoms with E-state index >= 15 is 0 Å². The SMILES string of the molecule is CCC(CC)CNC(=O)CCOCC(F)F. The highest BCUT2D eigenvalue weighted by Gasteiger charge is 2.07. The van der Waals surface area contributed by atoms with Gasteiger partial charge in [-0.2, -0.15) is 0 Å². The van der Waals surface area contributed by atoms with Crippen molar-refractivity contribution in [3.05, 3.63) is 0 Å². The van der Waals surface area contributed by atoms with Crippen molar-refractivity contribution in [2.45, 2.75) is 39.5 Å². The summed E-state index contributed by atoms with van der Waals surface area (Å²) in [6.07, 6.45) is -0.267. The van der Waals surface area contributed by atoms with Crippen molar-refractivity contribution in [1.29, 1.82) is 0 Å². The number of ether oxygens (including phenoxy) is 1. The number of nitrogens with one attached hydrogen (secondary N) is 1. The van der Waals surface area contributed by atoms with Crippen molar-refractivity contribution in [1.82, 2.24) is 5.32 Å². The lowest BCUT2D eigenvalue weighted by Crippen LogP contribution is -2.29. The van der Waals surface area contributed by atoms with Gasteiger partial charge < -0.3 is 10.1 Å². The molecule has 0 radical (unpaired) electrons. The molecule has 0 aromatic carbocycles. The summed E-state index contributed by atoms with van der Waals surface area (Å²) in [5.41, 5.74) is 0. The van der Waals surface area contributed by atoms with E-state index in [1.165, 1.54) is 0 Å². The van der Waals surface area contributed by atoms with E-state index in [9.17, 15) is 13.6 Å². The third-order valence-corrected chi connectivity index (χ3v) is 2.46. The molecule has 0 aromatic rings. The Bertz CT molecular complexity index is 185. The van der Waals surface area contributed by atoms with Crippen LogP contribution in [0.15, 0.2) is 0 Å². The van der Waals surface area contributed by atoms with Gasteiger partial charge in [-0.1, -0.05) is 26.7 Å². The molecule has 16 heavy (non-hydrogen) atoms. The molecule has 5 heteroatoms. The fourth-order valence-corrected chi connectivity index (χ4v) is 1.26. The maximum Gasteiger partial charge on any atom is 0.261 e. The molecule has 0 aliphatic heterocycles. The van der Waals surface area contributed by atoms with Crippen LogP contribution < -0.4 is 5.32 Å². The molecule has 0 spiro atoms. The highest BCUT2D eigenvalue weighted by atomic mass is 19.3. The minimum Gasteiger partial charge on any atom is -0.375 e. The summed E-state index contributed by atoms with van der Waals surface area (Å²) >= 11 is 0. The van der Waals surface area contributed by atoms with E-state index in [2.05, 4.69) is 23.9 Å². The second kappa shape index (κ2) is 9.51. The van der Waals surface area contributed by atoms with Gasteiger partial charge in [0.15, 0.2) is 0 Å². The summed E-state index contributed by atoms with van der Waals surface area (Å²) in [5.74, 6) is 0.354. The summed E-state index contributed by atoms with van der Waals surface area (Å²) in [6.45, 7) is 4.26. The number of carbonyl (C=O) groups is 1. The number of hydrogen-bond acceptors (Lipinski definition) is 2. The van der Waals surface area contributed by atoms with Gasteiger partial charge in [0.1, 0.15) is 6.61 Å². The van der Waals surface area contributed by atoms with Crippen LogP contribution >= 0.6 is 0 Å². The van der Waals surface area contributed by atoms with E-state index < -0.39 is 13.0 Å². The Morgan fingerprint density at radius 2 is 1.94 bits per heavy atom. The standard InChI is InChI=1S/C11H21F2NO2/c1-3-9(4-2)7-14-11(15)5-6-16-8-10(12)13/h9-10H,3-8H2,1-2H3,(H,14,15). The van der Waals surface area contributed by atoms with Gasteiger partial charge in [-0.15, -0.1) is 0 Å². The van der Waals surface area contributed by atoms with Gasteiger partial charge in [0.05, 0.1) is 6.61 Å². The van der Waals surface area contributed by atoms with Gasteiger partial charge in [-0.25, -0.2) is 8.78 Å². The second-order valence-electron chi connectivity index (χ2n) is 3.70. The fourth-order valence-electron chi connectivity index (χ4n) is 1.26. The third-order valence-electron chi connectivity index (χ3n) is 2.46. The quantitative estimate of drug-likeness (QED) is 0.624. The summed E-state index contributed by atoms with van der Waals surface area (Å²) in [4.78, 5) is 11.2. The molecule has 0 saturated heterocycles. The van der Waals surface area contributed by atoms with Crippen LogP contribution in [0.4, 0.5) is 8.78 Å². The van der Waals surface area contributed by atoms with Crippen molar-refractivity contribution in [3.63, 3.8) is 0 Å². The molecule has 1 amide bonds. The Hall–Kier alpha value is -0.710. The Kier molecular flexibility index (Phi) is 9.09. The first-order valence-electron chi connectivity index (χ1n) is 5.72. The molecule has 0 atom stereocenters. The van der Waals surface area contributed by atoms with E-state index in [0.717, 1.165) is 12.8 Å². The first kappa shape index (κ1) is 15.3. The molecule has 0 saturated carbocycles. The number of amides is 1. The minimum absolute atomic E-state index is 0.0547. The van der Waals surface area contributed by atoms with Gasteiger partial charge in [-0.3, -0.25) is 4.79 Å². The molecule has 0 aromatic heterocycles. The summed E-state index contributed by atoms with van der Waals surface area (Å²) in [5, 5.41) is 2.77. The lowest BCUT2D eigenvalue weighted by molar-refractivity contribution is -0.122. The number of rotatable bonds is 9. The van der Waals surface area contributed by atoms with E-state index in [1.54, 1.807) is 0 Å². The number of carbonyl (C=O) groups excluding carboxylic acids is 1. The van der Waals surface area contributed by atoms with E-state index in [1.807, 2.05) is 0 Å². The third kappa shape index (κ3) is 8.59. The van der Waals surface area contributed by atoms with Crippen molar-refractivity contribution in [2.75, 3.05) is 19.8 Å². The second-order valence-corrected chi connectivity index (χ2v) is 3.70. The van der Waals surface area contributed by atoms with Crippen LogP contribution in [0.3, 0.4) is 0 Å². The lowest BCUT2D eigenvalue weighted by Gasteiger charge is -2.13. The predicted octanol–water partition coefficient (Wildman–Crippen LogP) is 2.21. The maximum absolute atomic E-state index is 11.7. The van der Waals surface area contributed by atoms with Crippen molar-refractivity contribution < 1.29 is 18.3 Å². The van der Waals surface area contributed by atoms with Crippen LogP contribution in [0.5, 0.6) is 0 Å². The summed E-state index contributed by atoms with van der Waals surface area (Å²) < 4.78 is 28.0. The van der Waals surface area contributed by atoms with Gasteiger partial charge in [0.2, 0.25) is 5.91 Å².